The number of hydrogen-bond acceptors (Lipinski definition) is 4. The van der Waals surface area contributed by atoms with Crippen LogP contribution in [0.15, 0.2) is 42.5 Å². The molecule has 1 saturated heterocycles. The number of ether oxygens (including phenoxy) is 2. The molecule has 3 rings (SSSR count). The van der Waals surface area contributed by atoms with Gasteiger partial charge in [0.25, 0.3) is 5.91 Å². The van der Waals surface area contributed by atoms with E-state index in [4.69, 9.17) is 9.47 Å². The van der Waals surface area contributed by atoms with E-state index in [-0.39, 0.29) is 11.9 Å². The number of anilines is 1. The van der Waals surface area contributed by atoms with Gasteiger partial charge in [-0.1, -0.05) is 12.1 Å². The Hall–Kier alpha value is -2.73. The Balaban J connectivity index is 1.75. The van der Waals surface area contributed by atoms with E-state index in [2.05, 4.69) is 34.5 Å². The maximum atomic E-state index is 12.9. The third-order valence-electron chi connectivity index (χ3n) is 5.67. The van der Waals surface area contributed by atoms with E-state index in [1.54, 1.807) is 32.4 Å². The van der Waals surface area contributed by atoms with Gasteiger partial charge in [0.2, 0.25) is 0 Å². The van der Waals surface area contributed by atoms with Crippen molar-refractivity contribution in [2.75, 3.05) is 52.8 Å². The summed E-state index contributed by atoms with van der Waals surface area (Å²) < 4.78 is 10.6. The van der Waals surface area contributed by atoms with E-state index in [1.807, 2.05) is 14.1 Å². The van der Waals surface area contributed by atoms with Crippen LogP contribution in [0.2, 0.25) is 0 Å². The van der Waals surface area contributed by atoms with Crippen LogP contribution >= 0.6 is 0 Å². The van der Waals surface area contributed by atoms with Gasteiger partial charge in [0.05, 0.1) is 39.4 Å². The minimum atomic E-state index is -0.127. The number of rotatable bonds is 8. The Labute approximate surface area is 173 Å². The zero-order valence-electron chi connectivity index (χ0n) is 17.8. The van der Waals surface area contributed by atoms with Crippen LogP contribution in [0.1, 0.15) is 34.8 Å². The molecule has 1 amide bonds. The largest absolute Gasteiger partial charge is 0.497 e. The maximum absolute atomic E-state index is 12.9. The zero-order valence-corrected chi connectivity index (χ0v) is 17.8. The lowest BCUT2D eigenvalue weighted by Crippen LogP contribution is -3.11. The van der Waals surface area contributed by atoms with Crippen LogP contribution in [-0.2, 0) is 0 Å². The van der Waals surface area contributed by atoms with Crippen molar-refractivity contribution >= 4 is 11.6 Å². The Kier molecular flexibility index (Phi) is 6.99. The number of carbonyl (C=O) groups excluding carboxylic acids is 1. The van der Waals surface area contributed by atoms with Crippen LogP contribution in [0.4, 0.5) is 5.69 Å². The minimum Gasteiger partial charge on any atom is -0.497 e. The highest BCUT2D eigenvalue weighted by Crippen LogP contribution is 2.24. The van der Waals surface area contributed by atoms with E-state index in [0.29, 0.717) is 23.6 Å². The molecule has 2 N–H and O–H groups in total. The summed E-state index contributed by atoms with van der Waals surface area (Å²) in [6.07, 6.45) is 2.48. The molecule has 0 radical (unpaired) electrons. The van der Waals surface area contributed by atoms with Crippen molar-refractivity contribution in [3.8, 4) is 11.5 Å². The molecule has 1 atom stereocenters. The quantitative estimate of drug-likeness (QED) is 0.713. The zero-order chi connectivity index (χ0) is 20.8. The lowest BCUT2D eigenvalue weighted by atomic mass is 10.0. The summed E-state index contributed by atoms with van der Waals surface area (Å²) >= 11 is 0. The summed E-state index contributed by atoms with van der Waals surface area (Å²) in [4.78, 5) is 16.5. The van der Waals surface area contributed by atoms with Crippen LogP contribution < -0.4 is 24.6 Å². The lowest BCUT2D eigenvalue weighted by molar-refractivity contribution is -0.918. The van der Waals surface area contributed by atoms with Crippen molar-refractivity contribution in [2.24, 2.45) is 0 Å². The van der Waals surface area contributed by atoms with Crippen molar-refractivity contribution in [3.05, 3.63) is 53.6 Å². The predicted molar refractivity (Wildman–Crippen MR) is 115 cm³/mol. The molecule has 0 bridgehead atoms. The molecule has 156 valence electrons. The van der Waals surface area contributed by atoms with E-state index < -0.39 is 0 Å². The number of carbonyl (C=O) groups is 1. The predicted octanol–water partition coefficient (Wildman–Crippen LogP) is 1.92. The molecular weight excluding hydrogens is 366 g/mol. The van der Waals surface area contributed by atoms with Crippen molar-refractivity contribution in [3.63, 3.8) is 0 Å². The van der Waals surface area contributed by atoms with Crippen LogP contribution in [0, 0.1) is 0 Å². The molecule has 1 fully saturated rings. The Bertz CT molecular complexity index is 815. The summed E-state index contributed by atoms with van der Waals surface area (Å²) in [6.45, 7) is 2.87. The number of benzene rings is 2. The van der Waals surface area contributed by atoms with Gasteiger partial charge in [-0.15, -0.1) is 0 Å². The second-order valence-electron chi connectivity index (χ2n) is 7.68. The molecule has 0 spiro atoms. The topological polar surface area (TPSA) is 55.2 Å². The number of nitrogens with zero attached hydrogens (tertiary/aromatic N) is 1. The molecule has 6 nitrogen and oxygen atoms in total. The number of methoxy groups -OCH3 is 2. The van der Waals surface area contributed by atoms with Crippen molar-refractivity contribution in [1.82, 2.24) is 5.32 Å². The summed E-state index contributed by atoms with van der Waals surface area (Å²) in [5.41, 5.74) is 2.96. The molecule has 0 aromatic heterocycles. The average molecular weight is 399 g/mol. The molecule has 2 aromatic rings. The van der Waals surface area contributed by atoms with Crippen LogP contribution in [-0.4, -0.2) is 53.9 Å². The first-order chi connectivity index (χ1) is 14.0. The fourth-order valence-electron chi connectivity index (χ4n) is 3.96. The molecular formula is C23H32N3O3+. The maximum Gasteiger partial charge on any atom is 0.255 e. The molecule has 0 aliphatic carbocycles. The second-order valence-corrected chi connectivity index (χ2v) is 7.68. The normalized spacial score (nSPS) is 15.0. The number of likely N-dealkylation sites (tertiary alicyclic amines) is 1. The molecule has 1 aliphatic rings. The minimum absolute atomic E-state index is 0.127. The van der Waals surface area contributed by atoms with Crippen LogP contribution in [0.5, 0.6) is 11.5 Å². The Morgan fingerprint density at radius 1 is 1.07 bits per heavy atom. The third kappa shape index (κ3) is 5.01. The first kappa shape index (κ1) is 21.0. The summed E-state index contributed by atoms with van der Waals surface area (Å²) in [7, 11) is 7.25. The molecule has 0 unspecified atom stereocenters. The molecule has 0 saturated carbocycles. The fraction of sp³-hybridized carbons (Fsp3) is 0.435. The van der Waals surface area contributed by atoms with Crippen LogP contribution in [0.3, 0.4) is 0 Å². The smallest absolute Gasteiger partial charge is 0.255 e. The van der Waals surface area contributed by atoms with Crippen molar-refractivity contribution in [2.45, 2.75) is 18.9 Å². The van der Waals surface area contributed by atoms with Gasteiger partial charge in [-0.25, -0.2) is 0 Å². The van der Waals surface area contributed by atoms with Crippen LogP contribution in [0.25, 0.3) is 0 Å². The highest BCUT2D eigenvalue weighted by molar-refractivity contribution is 5.97. The van der Waals surface area contributed by atoms with E-state index in [1.165, 1.54) is 29.0 Å². The molecule has 1 aliphatic heterocycles. The second kappa shape index (κ2) is 9.65. The van der Waals surface area contributed by atoms with Gasteiger partial charge in [0.1, 0.15) is 17.5 Å². The summed E-state index contributed by atoms with van der Waals surface area (Å²) in [5, 5.41) is 3.13. The Morgan fingerprint density at radius 2 is 1.76 bits per heavy atom. The SMILES string of the molecule is COc1ccc(C(=O)NC[C@H](c2ccc(N(C)C)cc2)[NH+]2CCCC2)c(OC)c1. The molecule has 6 heteroatoms. The van der Waals surface area contributed by atoms with Gasteiger partial charge in [-0.3, -0.25) is 4.79 Å². The number of quaternary nitrogens is 1. The molecule has 29 heavy (non-hydrogen) atoms. The first-order valence-corrected chi connectivity index (χ1v) is 10.2. The standard InChI is InChI=1S/C23H31N3O3/c1-25(2)18-9-7-17(8-10-18)21(26-13-5-6-14-26)16-24-23(27)20-12-11-19(28-3)15-22(20)29-4/h7-12,15,21H,5-6,13-14,16H2,1-4H3,(H,24,27)/p+1/t21-/m1/s1. The van der Waals surface area contributed by atoms with E-state index in [9.17, 15) is 4.79 Å². The number of amides is 1. The van der Waals surface area contributed by atoms with E-state index in [0.717, 1.165) is 13.1 Å². The van der Waals surface area contributed by atoms with Gasteiger partial charge >= 0.3 is 0 Å². The molecule has 2 aromatic carbocycles. The van der Waals surface area contributed by atoms with E-state index >= 15 is 0 Å². The van der Waals surface area contributed by atoms with Crippen molar-refractivity contribution in [1.29, 1.82) is 0 Å². The van der Waals surface area contributed by atoms with Gasteiger partial charge in [-0.2, -0.15) is 0 Å². The average Bonchev–Trinajstić information content (AvgIpc) is 3.28. The van der Waals surface area contributed by atoms with Gasteiger partial charge in [-0.05, 0) is 24.3 Å². The van der Waals surface area contributed by atoms with Gasteiger partial charge < -0.3 is 24.6 Å². The summed E-state index contributed by atoms with van der Waals surface area (Å²) in [5.74, 6) is 1.05. The highest BCUT2D eigenvalue weighted by Gasteiger charge is 2.28. The van der Waals surface area contributed by atoms with Gasteiger partial charge in [0, 0.05) is 44.3 Å². The fourth-order valence-corrected chi connectivity index (χ4v) is 3.96. The van der Waals surface area contributed by atoms with Gasteiger partial charge in [0.15, 0.2) is 0 Å². The first-order valence-electron chi connectivity index (χ1n) is 10.2. The number of hydrogen-bond donors (Lipinski definition) is 2. The number of nitrogens with one attached hydrogen (secondary N) is 2. The van der Waals surface area contributed by atoms with Crippen molar-refractivity contribution < 1.29 is 19.2 Å². The summed E-state index contributed by atoms with van der Waals surface area (Å²) in [6, 6.07) is 14.2. The lowest BCUT2D eigenvalue weighted by Gasteiger charge is -2.26. The Morgan fingerprint density at radius 3 is 2.34 bits per heavy atom. The highest BCUT2D eigenvalue weighted by atomic mass is 16.5. The molecule has 1 heterocycles. The monoisotopic (exact) mass is 398 g/mol. The third-order valence-corrected chi connectivity index (χ3v) is 5.67.